The van der Waals surface area contributed by atoms with Crippen LogP contribution in [0.3, 0.4) is 0 Å². The molecule has 94 valence electrons. The Kier molecular flexibility index (Phi) is 4.38. The van der Waals surface area contributed by atoms with E-state index in [0.29, 0.717) is 16.8 Å². The van der Waals surface area contributed by atoms with E-state index in [-0.39, 0.29) is 0 Å². The summed E-state index contributed by atoms with van der Waals surface area (Å²) in [6.45, 7) is 2.78. The second-order valence-electron chi connectivity index (χ2n) is 3.54. The molecule has 0 aliphatic carbocycles. The highest BCUT2D eigenvalue weighted by atomic mass is 79.9. The minimum absolute atomic E-state index is 0.593. The molecule has 2 aromatic rings. The van der Waals surface area contributed by atoms with Crippen LogP contribution in [0.1, 0.15) is 6.92 Å². The van der Waals surface area contributed by atoms with Crippen molar-refractivity contribution in [2.75, 3.05) is 17.2 Å². The standard InChI is InChI=1S/C12H12BrClN4/c1-2-15-12-16-6-5-11(18-12)17-10-4-3-8(13)7-9(10)14/h3-7H,2H2,1H3,(H2,15,16,17,18). The van der Waals surface area contributed by atoms with E-state index in [9.17, 15) is 0 Å². The molecule has 0 radical (unpaired) electrons. The molecule has 0 amide bonds. The smallest absolute Gasteiger partial charge is 0.224 e. The first-order valence-electron chi connectivity index (χ1n) is 5.48. The second kappa shape index (κ2) is 6.02. The molecule has 0 aliphatic heterocycles. The molecular formula is C12H12BrClN4. The van der Waals surface area contributed by atoms with Gasteiger partial charge in [0.2, 0.25) is 5.95 Å². The van der Waals surface area contributed by atoms with E-state index in [1.807, 2.05) is 25.1 Å². The van der Waals surface area contributed by atoms with Gasteiger partial charge < -0.3 is 10.6 Å². The minimum Gasteiger partial charge on any atom is -0.354 e. The maximum absolute atomic E-state index is 6.13. The predicted molar refractivity (Wildman–Crippen MR) is 78.6 cm³/mol. The van der Waals surface area contributed by atoms with Crippen LogP contribution in [-0.4, -0.2) is 16.5 Å². The lowest BCUT2D eigenvalue weighted by Crippen LogP contribution is -2.03. The van der Waals surface area contributed by atoms with Gasteiger partial charge in [-0.05, 0) is 31.2 Å². The Hall–Kier alpha value is -1.33. The first-order valence-corrected chi connectivity index (χ1v) is 6.65. The molecule has 2 rings (SSSR count). The van der Waals surface area contributed by atoms with Crippen LogP contribution in [0.2, 0.25) is 5.02 Å². The van der Waals surface area contributed by atoms with Gasteiger partial charge in [-0.15, -0.1) is 0 Å². The zero-order chi connectivity index (χ0) is 13.0. The van der Waals surface area contributed by atoms with Gasteiger partial charge in [0, 0.05) is 17.2 Å². The van der Waals surface area contributed by atoms with E-state index in [1.54, 1.807) is 12.3 Å². The Labute approximate surface area is 119 Å². The molecule has 0 fully saturated rings. The lowest BCUT2D eigenvalue weighted by Gasteiger charge is -2.09. The summed E-state index contributed by atoms with van der Waals surface area (Å²) in [5.41, 5.74) is 0.806. The van der Waals surface area contributed by atoms with E-state index in [2.05, 4.69) is 36.5 Å². The lowest BCUT2D eigenvalue weighted by molar-refractivity contribution is 1.09. The highest BCUT2D eigenvalue weighted by molar-refractivity contribution is 9.10. The summed E-state index contributed by atoms with van der Waals surface area (Å²) in [5, 5.41) is 6.84. The van der Waals surface area contributed by atoms with E-state index in [4.69, 9.17) is 11.6 Å². The predicted octanol–water partition coefficient (Wildman–Crippen LogP) is 4.07. The molecule has 0 spiro atoms. The highest BCUT2D eigenvalue weighted by Gasteiger charge is 2.03. The summed E-state index contributed by atoms with van der Waals surface area (Å²) >= 11 is 9.49. The van der Waals surface area contributed by atoms with E-state index in [0.717, 1.165) is 16.7 Å². The number of nitrogens with zero attached hydrogens (tertiary/aromatic N) is 2. The third-order valence-corrected chi connectivity index (χ3v) is 2.99. The van der Waals surface area contributed by atoms with Gasteiger partial charge in [-0.25, -0.2) is 4.98 Å². The van der Waals surface area contributed by atoms with Gasteiger partial charge in [-0.1, -0.05) is 27.5 Å². The molecule has 1 aromatic heterocycles. The average molecular weight is 328 g/mol. The minimum atomic E-state index is 0.593. The summed E-state index contributed by atoms with van der Waals surface area (Å²) < 4.78 is 0.939. The van der Waals surface area contributed by atoms with Crippen LogP contribution in [0.4, 0.5) is 17.5 Å². The third kappa shape index (κ3) is 3.34. The maximum Gasteiger partial charge on any atom is 0.224 e. The van der Waals surface area contributed by atoms with Crippen molar-refractivity contribution in [3.8, 4) is 0 Å². The van der Waals surface area contributed by atoms with E-state index >= 15 is 0 Å². The Morgan fingerprint density at radius 3 is 2.89 bits per heavy atom. The zero-order valence-corrected chi connectivity index (χ0v) is 12.1. The summed E-state index contributed by atoms with van der Waals surface area (Å²) in [5.74, 6) is 1.29. The number of rotatable bonds is 4. The molecule has 0 unspecified atom stereocenters. The van der Waals surface area contributed by atoms with Crippen LogP contribution in [0.15, 0.2) is 34.9 Å². The van der Waals surface area contributed by atoms with E-state index < -0.39 is 0 Å². The number of nitrogens with one attached hydrogen (secondary N) is 2. The molecule has 4 nitrogen and oxygen atoms in total. The quantitative estimate of drug-likeness (QED) is 0.889. The fraction of sp³-hybridized carbons (Fsp3) is 0.167. The van der Waals surface area contributed by atoms with Gasteiger partial charge in [0.1, 0.15) is 5.82 Å². The summed E-state index contributed by atoms with van der Waals surface area (Å²) in [6.07, 6.45) is 1.69. The van der Waals surface area contributed by atoms with Crippen molar-refractivity contribution < 1.29 is 0 Å². The fourth-order valence-corrected chi connectivity index (χ4v) is 2.12. The molecule has 0 saturated heterocycles. The molecular weight excluding hydrogens is 316 g/mol. The Morgan fingerprint density at radius 2 is 2.17 bits per heavy atom. The van der Waals surface area contributed by atoms with Crippen molar-refractivity contribution in [3.05, 3.63) is 40.0 Å². The van der Waals surface area contributed by atoms with Crippen molar-refractivity contribution in [2.24, 2.45) is 0 Å². The number of halogens is 2. The topological polar surface area (TPSA) is 49.8 Å². The normalized spacial score (nSPS) is 10.2. The van der Waals surface area contributed by atoms with Gasteiger partial charge in [0.15, 0.2) is 0 Å². The van der Waals surface area contributed by atoms with Crippen molar-refractivity contribution in [1.29, 1.82) is 0 Å². The van der Waals surface area contributed by atoms with Crippen LogP contribution in [0.5, 0.6) is 0 Å². The Balaban J connectivity index is 2.20. The Morgan fingerprint density at radius 1 is 1.33 bits per heavy atom. The first-order chi connectivity index (χ1) is 8.69. The monoisotopic (exact) mass is 326 g/mol. The average Bonchev–Trinajstić information content (AvgIpc) is 2.34. The van der Waals surface area contributed by atoms with Crippen LogP contribution < -0.4 is 10.6 Å². The van der Waals surface area contributed by atoms with Crippen molar-refractivity contribution >= 4 is 45.0 Å². The molecule has 0 aliphatic rings. The zero-order valence-electron chi connectivity index (χ0n) is 9.74. The summed E-state index contributed by atoms with van der Waals surface area (Å²) in [4.78, 5) is 8.42. The maximum atomic E-state index is 6.13. The molecule has 6 heteroatoms. The third-order valence-electron chi connectivity index (χ3n) is 2.18. The lowest BCUT2D eigenvalue weighted by atomic mass is 10.3. The van der Waals surface area contributed by atoms with Crippen LogP contribution in [0.25, 0.3) is 0 Å². The number of hydrogen-bond donors (Lipinski definition) is 2. The van der Waals surface area contributed by atoms with Crippen molar-refractivity contribution in [1.82, 2.24) is 9.97 Å². The number of hydrogen-bond acceptors (Lipinski definition) is 4. The van der Waals surface area contributed by atoms with Crippen LogP contribution >= 0.6 is 27.5 Å². The number of benzene rings is 1. The molecule has 1 heterocycles. The van der Waals surface area contributed by atoms with Gasteiger partial charge in [0.05, 0.1) is 10.7 Å². The van der Waals surface area contributed by atoms with Crippen molar-refractivity contribution in [2.45, 2.75) is 6.92 Å². The molecule has 1 aromatic carbocycles. The largest absolute Gasteiger partial charge is 0.354 e. The molecule has 0 bridgehead atoms. The van der Waals surface area contributed by atoms with Crippen molar-refractivity contribution in [3.63, 3.8) is 0 Å². The van der Waals surface area contributed by atoms with Crippen LogP contribution in [-0.2, 0) is 0 Å². The molecule has 18 heavy (non-hydrogen) atoms. The molecule has 0 atom stereocenters. The molecule has 2 N–H and O–H groups in total. The van der Waals surface area contributed by atoms with Crippen LogP contribution in [0, 0.1) is 0 Å². The van der Waals surface area contributed by atoms with Gasteiger partial charge in [-0.2, -0.15) is 4.98 Å². The summed E-state index contributed by atoms with van der Waals surface area (Å²) in [6, 6.07) is 7.43. The van der Waals surface area contributed by atoms with Gasteiger partial charge in [-0.3, -0.25) is 0 Å². The fourth-order valence-electron chi connectivity index (χ4n) is 1.40. The van der Waals surface area contributed by atoms with E-state index in [1.165, 1.54) is 0 Å². The first kappa shape index (κ1) is 13.1. The summed E-state index contributed by atoms with van der Waals surface area (Å²) in [7, 11) is 0. The Bertz CT molecular complexity index is 547. The second-order valence-corrected chi connectivity index (χ2v) is 4.87. The highest BCUT2D eigenvalue weighted by Crippen LogP contribution is 2.27. The van der Waals surface area contributed by atoms with Gasteiger partial charge in [0.25, 0.3) is 0 Å². The SMILES string of the molecule is CCNc1nccc(Nc2ccc(Br)cc2Cl)n1. The molecule has 0 saturated carbocycles. The number of aromatic nitrogens is 2. The van der Waals surface area contributed by atoms with Gasteiger partial charge >= 0.3 is 0 Å². The number of anilines is 3.